The van der Waals surface area contributed by atoms with Crippen molar-refractivity contribution in [2.75, 3.05) is 0 Å². The summed E-state index contributed by atoms with van der Waals surface area (Å²) in [5, 5.41) is 10.0. The zero-order chi connectivity index (χ0) is 21.8. The van der Waals surface area contributed by atoms with E-state index >= 15 is 0 Å². The van der Waals surface area contributed by atoms with E-state index in [2.05, 4.69) is 0 Å². The van der Waals surface area contributed by atoms with Crippen LogP contribution >= 0.6 is 0 Å². The van der Waals surface area contributed by atoms with Crippen LogP contribution in [0.25, 0.3) is 0 Å². The first kappa shape index (κ1) is 20.9. The highest BCUT2D eigenvalue weighted by atomic mass is 16.5. The minimum absolute atomic E-state index is 0.138. The highest BCUT2D eigenvalue weighted by molar-refractivity contribution is 5.77. The number of aliphatic carboxylic acids is 1. The molecule has 3 aromatic carbocycles. The Morgan fingerprint density at radius 3 is 1.71 bits per heavy atom. The summed E-state index contributed by atoms with van der Waals surface area (Å²) in [6.45, 7) is 1.86. The smallest absolute Gasteiger partial charge is 0.307 e. The van der Waals surface area contributed by atoms with Gasteiger partial charge < -0.3 is 9.84 Å². The molecule has 0 radical (unpaired) electrons. The van der Waals surface area contributed by atoms with Crippen molar-refractivity contribution in [3.63, 3.8) is 0 Å². The van der Waals surface area contributed by atoms with E-state index in [1.165, 1.54) is 0 Å². The minimum atomic E-state index is -0.829. The fourth-order valence-corrected chi connectivity index (χ4v) is 4.88. The van der Waals surface area contributed by atoms with Crippen LogP contribution in [0, 0.1) is 11.8 Å². The summed E-state index contributed by atoms with van der Waals surface area (Å²) in [7, 11) is 0. The predicted octanol–water partition coefficient (Wildman–Crippen LogP) is 5.58. The largest absolute Gasteiger partial charge is 0.481 e. The van der Waals surface area contributed by atoms with Gasteiger partial charge >= 0.3 is 11.9 Å². The molecule has 0 amide bonds. The molecule has 0 heterocycles. The third-order valence-corrected chi connectivity index (χ3v) is 6.33. The monoisotopic (exact) mass is 414 g/mol. The molecule has 1 aliphatic carbocycles. The van der Waals surface area contributed by atoms with Gasteiger partial charge in [0.1, 0.15) is 6.10 Å². The van der Waals surface area contributed by atoms with Crippen molar-refractivity contribution in [2.24, 2.45) is 11.8 Å². The summed E-state index contributed by atoms with van der Waals surface area (Å²) in [6, 6.07) is 28.9. The maximum absolute atomic E-state index is 12.9. The van der Waals surface area contributed by atoms with Crippen molar-refractivity contribution in [3.05, 3.63) is 108 Å². The van der Waals surface area contributed by atoms with Crippen LogP contribution in [0.15, 0.2) is 91.0 Å². The Morgan fingerprint density at radius 2 is 1.26 bits per heavy atom. The fraction of sp³-hybridized carbons (Fsp3) is 0.259. The normalized spacial score (nSPS) is 23.4. The van der Waals surface area contributed by atoms with Crippen LogP contribution in [0.4, 0.5) is 0 Å². The predicted molar refractivity (Wildman–Crippen MR) is 119 cm³/mol. The second-order valence-corrected chi connectivity index (χ2v) is 8.15. The van der Waals surface area contributed by atoms with Crippen molar-refractivity contribution < 1.29 is 19.4 Å². The number of carbonyl (C=O) groups is 2. The SMILES string of the molecule is C[C@H](OC(=O)C[C@H]1[C@H](c2ccccc2)[C@@H](C(=O)O)[C@H]1c1ccccc1)c1ccccc1. The van der Waals surface area contributed by atoms with Crippen LogP contribution in [0.5, 0.6) is 0 Å². The Balaban J connectivity index is 1.59. The van der Waals surface area contributed by atoms with E-state index in [1.807, 2.05) is 97.9 Å². The lowest BCUT2D eigenvalue weighted by Crippen LogP contribution is -2.48. The first-order valence-electron chi connectivity index (χ1n) is 10.6. The van der Waals surface area contributed by atoms with E-state index in [1.54, 1.807) is 0 Å². The molecule has 3 aromatic rings. The summed E-state index contributed by atoms with van der Waals surface area (Å²) in [5.74, 6) is -2.31. The molecule has 0 saturated heterocycles. The molecule has 0 bridgehead atoms. The Morgan fingerprint density at radius 1 is 0.806 bits per heavy atom. The highest BCUT2D eigenvalue weighted by Crippen LogP contribution is 2.59. The lowest BCUT2D eigenvalue weighted by molar-refractivity contribution is -0.158. The summed E-state index contributed by atoms with van der Waals surface area (Å²) < 4.78 is 5.72. The number of hydrogen-bond donors (Lipinski definition) is 1. The van der Waals surface area contributed by atoms with Crippen LogP contribution in [0.2, 0.25) is 0 Å². The molecule has 1 saturated carbocycles. The highest BCUT2D eigenvalue weighted by Gasteiger charge is 2.55. The van der Waals surface area contributed by atoms with Crippen molar-refractivity contribution >= 4 is 11.9 Å². The van der Waals surface area contributed by atoms with Crippen LogP contribution in [0.3, 0.4) is 0 Å². The molecule has 1 fully saturated rings. The van der Waals surface area contributed by atoms with Gasteiger partial charge in [0.15, 0.2) is 0 Å². The van der Waals surface area contributed by atoms with Crippen LogP contribution < -0.4 is 0 Å². The van der Waals surface area contributed by atoms with Crippen LogP contribution in [-0.4, -0.2) is 17.0 Å². The first-order chi connectivity index (χ1) is 15.1. The fourth-order valence-electron chi connectivity index (χ4n) is 4.88. The topological polar surface area (TPSA) is 63.6 Å². The molecule has 0 aliphatic heterocycles. The number of ether oxygens (including phenoxy) is 1. The van der Waals surface area contributed by atoms with Gasteiger partial charge in [-0.25, -0.2) is 0 Å². The quantitative estimate of drug-likeness (QED) is 0.513. The Labute approximate surface area is 182 Å². The molecule has 3 atom stereocenters. The van der Waals surface area contributed by atoms with E-state index in [0.717, 1.165) is 16.7 Å². The van der Waals surface area contributed by atoms with Crippen molar-refractivity contribution in [1.82, 2.24) is 0 Å². The molecule has 158 valence electrons. The Kier molecular flexibility index (Phi) is 6.17. The van der Waals surface area contributed by atoms with Gasteiger partial charge in [0.05, 0.1) is 5.92 Å². The number of esters is 1. The second kappa shape index (κ2) is 9.17. The van der Waals surface area contributed by atoms with Gasteiger partial charge in [-0.2, -0.15) is 0 Å². The number of rotatable bonds is 7. The average Bonchev–Trinajstić information content (AvgIpc) is 2.78. The zero-order valence-corrected chi connectivity index (χ0v) is 17.4. The van der Waals surface area contributed by atoms with Gasteiger partial charge in [-0.3, -0.25) is 9.59 Å². The summed E-state index contributed by atoms with van der Waals surface area (Å²) in [6.07, 6.45) is -0.172. The molecule has 1 N–H and O–H groups in total. The van der Waals surface area contributed by atoms with Crippen molar-refractivity contribution in [1.29, 1.82) is 0 Å². The van der Waals surface area contributed by atoms with Crippen molar-refractivity contribution in [3.8, 4) is 0 Å². The van der Waals surface area contributed by atoms with E-state index in [0.29, 0.717) is 0 Å². The van der Waals surface area contributed by atoms with Gasteiger partial charge in [0, 0.05) is 18.3 Å². The number of carbonyl (C=O) groups excluding carboxylic acids is 1. The average molecular weight is 415 g/mol. The molecule has 0 aromatic heterocycles. The van der Waals surface area contributed by atoms with E-state index in [-0.39, 0.29) is 36.2 Å². The maximum Gasteiger partial charge on any atom is 0.307 e. The number of hydrogen-bond acceptors (Lipinski definition) is 3. The third kappa shape index (κ3) is 4.38. The molecule has 0 spiro atoms. The van der Waals surface area contributed by atoms with Gasteiger partial charge in [-0.1, -0.05) is 91.0 Å². The second-order valence-electron chi connectivity index (χ2n) is 8.15. The van der Waals surface area contributed by atoms with Gasteiger partial charge in [-0.05, 0) is 29.5 Å². The molecule has 4 nitrogen and oxygen atoms in total. The lowest BCUT2D eigenvalue weighted by atomic mass is 9.51. The summed E-state index contributed by atoms with van der Waals surface area (Å²) in [4.78, 5) is 25.1. The third-order valence-electron chi connectivity index (χ3n) is 6.33. The Bertz CT molecular complexity index is 969. The number of benzene rings is 3. The number of carboxylic acids is 1. The molecule has 4 heteroatoms. The molecule has 1 aliphatic rings. The lowest BCUT2D eigenvalue weighted by Gasteiger charge is -2.50. The molecule has 0 unspecified atom stereocenters. The van der Waals surface area contributed by atoms with Crippen molar-refractivity contribution in [2.45, 2.75) is 31.3 Å². The van der Waals surface area contributed by atoms with Crippen LogP contribution in [0.1, 0.15) is 48.0 Å². The van der Waals surface area contributed by atoms with E-state index in [9.17, 15) is 14.7 Å². The maximum atomic E-state index is 12.9. The van der Waals surface area contributed by atoms with Gasteiger partial charge in [0.25, 0.3) is 0 Å². The summed E-state index contributed by atoms with van der Waals surface area (Å²) >= 11 is 0. The van der Waals surface area contributed by atoms with Gasteiger partial charge in [-0.15, -0.1) is 0 Å². The standard InChI is InChI=1S/C27H26O4/c1-18(19-11-5-2-6-12-19)31-23(28)17-22-24(20-13-7-3-8-14-20)26(27(29)30)25(22)21-15-9-4-10-16-21/h2-16,18,22,24-26H,17H2,1H3,(H,29,30)/t18-,22-,24-,25-,26+/m0/s1. The molecule has 31 heavy (non-hydrogen) atoms. The Hall–Kier alpha value is -3.40. The summed E-state index contributed by atoms with van der Waals surface area (Å²) in [5.41, 5.74) is 2.85. The number of carboxylic acid groups (broad SMARTS) is 1. The van der Waals surface area contributed by atoms with E-state index in [4.69, 9.17) is 4.74 Å². The zero-order valence-electron chi connectivity index (χ0n) is 17.4. The molecule has 4 rings (SSSR count). The van der Waals surface area contributed by atoms with E-state index < -0.39 is 11.9 Å². The first-order valence-corrected chi connectivity index (χ1v) is 10.6. The molecular formula is C27H26O4. The molecular weight excluding hydrogens is 388 g/mol. The minimum Gasteiger partial charge on any atom is -0.481 e. The van der Waals surface area contributed by atoms with Crippen LogP contribution in [-0.2, 0) is 14.3 Å². The van der Waals surface area contributed by atoms with Gasteiger partial charge in [0.2, 0.25) is 0 Å².